The molecule has 0 fully saturated rings. The summed E-state index contributed by atoms with van der Waals surface area (Å²) >= 11 is 0. The highest BCUT2D eigenvalue weighted by molar-refractivity contribution is 6.01. The lowest BCUT2D eigenvalue weighted by molar-refractivity contribution is 0.0962. The molecule has 0 spiro atoms. The minimum Gasteiger partial charge on any atom is -0.494 e. The van der Waals surface area contributed by atoms with Crippen molar-refractivity contribution in [2.75, 3.05) is 19.4 Å². The molecule has 6 nitrogen and oxygen atoms in total. The van der Waals surface area contributed by atoms with Gasteiger partial charge in [0, 0.05) is 12.6 Å². The summed E-state index contributed by atoms with van der Waals surface area (Å²) in [7, 11) is 1.58. The van der Waals surface area contributed by atoms with Crippen molar-refractivity contribution in [1.82, 2.24) is 15.3 Å². The smallest absolute Gasteiger partial charge is 0.255 e. The third-order valence-corrected chi connectivity index (χ3v) is 3.63. The van der Waals surface area contributed by atoms with Crippen molar-refractivity contribution in [2.45, 2.75) is 27.2 Å². The molecule has 1 aromatic carbocycles. The summed E-state index contributed by atoms with van der Waals surface area (Å²) in [4.78, 5) is 20.6. The number of nitrogen functional groups attached to an aromatic ring is 1. The molecule has 0 aliphatic heterocycles. The van der Waals surface area contributed by atoms with Crippen LogP contribution >= 0.6 is 0 Å². The molecule has 0 aliphatic carbocycles. The second kappa shape index (κ2) is 7.77. The Kier molecular flexibility index (Phi) is 5.73. The Balaban J connectivity index is 2.39. The van der Waals surface area contributed by atoms with Gasteiger partial charge in [-0.1, -0.05) is 26.0 Å². The maximum atomic E-state index is 12.2. The molecule has 1 aromatic heterocycles. The number of benzene rings is 1. The van der Waals surface area contributed by atoms with E-state index in [1.54, 1.807) is 14.0 Å². The number of hydrogen-bond donors (Lipinski definition) is 2. The number of rotatable bonds is 6. The first kappa shape index (κ1) is 17.7. The molecule has 3 N–H and O–H groups in total. The quantitative estimate of drug-likeness (QED) is 0.851. The topological polar surface area (TPSA) is 90.1 Å². The molecule has 0 radical (unpaired) electrons. The van der Waals surface area contributed by atoms with Crippen LogP contribution in [0, 0.1) is 12.8 Å². The molecule has 0 bridgehead atoms. The van der Waals surface area contributed by atoms with E-state index in [0.29, 0.717) is 29.5 Å². The summed E-state index contributed by atoms with van der Waals surface area (Å²) in [5.41, 5.74) is 8.02. The van der Waals surface area contributed by atoms with E-state index in [1.807, 2.05) is 24.3 Å². The van der Waals surface area contributed by atoms with Gasteiger partial charge in [-0.05, 0) is 31.4 Å². The van der Waals surface area contributed by atoms with Crippen molar-refractivity contribution in [2.24, 2.45) is 5.92 Å². The molecule has 1 heterocycles. The second-order valence-electron chi connectivity index (χ2n) is 6.03. The molecule has 0 saturated heterocycles. The normalized spacial score (nSPS) is 10.7. The molecule has 2 rings (SSSR count). The van der Waals surface area contributed by atoms with E-state index in [1.165, 1.54) is 0 Å². The van der Waals surface area contributed by atoms with Crippen molar-refractivity contribution < 1.29 is 9.53 Å². The highest BCUT2D eigenvalue weighted by Gasteiger charge is 2.18. The van der Waals surface area contributed by atoms with E-state index in [0.717, 1.165) is 17.7 Å². The van der Waals surface area contributed by atoms with Crippen LogP contribution in [0.25, 0.3) is 11.3 Å². The Morgan fingerprint density at radius 2 is 2.08 bits per heavy atom. The van der Waals surface area contributed by atoms with Gasteiger partial charge in [0.1, 0.15) is 5.75 Å². The van der Waals surface area contributed by atoms with Crippen LogP contribution in [-0.4, -0.2) is 29.5 Å². The third kappa shape index (κ3) is 4.22. The highest BCUT2D eigenvalue weighted by Crippen LogP contribution is 2.27. The van der Waals surface area contributed by atoms with Crippen molar-refractivity contribution in [1.29, 1.82) is 0 Å². The number of carbonyl (C=O) groups excluding carboxylic acids is 1. The molecule has 2 aromatic rings. The summed E-state index contributed by atoms with van der Waals surface area (Å²) in [6.07, 6.45) is 0.979. The zero-order chi connectivity index (χ0) is 17.7. The minimum atomic E-state index is -0.242. The van der Waals surface area contributed by atoms with Crippen LogP contribution in [-0.2, 0) is 0 Å². The Hall–Kier alpha value is -2.63. The van der Waals surface area contributed by atoms with Crippen LogP contribution in [0.4, 0.5) is 5.95 Å². The molecular weight excluding hydrogens is 304 g/mol. The van der Waals surface area contributed by atoms with Gasteiger partial charge >= 0.3 is 0 Å². The predicted octanol–water partition coefficient (Wildman–Crippen LogP) is 2.82. The van der Waals surface area contributed by atoms with E-state index in [4.69, 9.17) is 10.5 Å². The number of nitrogens with two attached hydrogens (primary N) is 1. The van der Waals surface area contributed by atoms with Gasteiger partial charge in [0.25, 0.3) is 5.91 Å². The van der Waals surface area contributed by atoms with Gasteiger partial charge in [-0.2, -0.15) is 0 Å². The Labute approximate surface area is 142 Å². The number of aromatic nitrogens is 2. The summed E-state index contributed by atoms with van der Waals surface area (Å²) in [6, 6.07) is 7.51. The average molecular weight is 328 g/mol. The third-order valence-electron chi connectivity index (χ3n) is 3.63. The van der Waals surface area contributed by atoms with E-state index < -0.39 is 0 Å². The fraction of sp³-hybridized carbons (Fsp3) is 0.389. The van der Waals surface area contributed by atoms with Gasteiger partial charge in [-0.15, -0.1) is 0 Å². The minimum absolute atomic E-state index is 0.140. The Morgan fingerprint density at radius 3 is 2.75 bits per heavy atom. The van der Waals surface area contributed by atoms with Crippen LogP contribution in [0.5, 0.6) is 5.75 Å². The fourth-order valence-corrected chi connectivity index (χ4v) is 2.35. The standard InChI is InChI=1S/C18H24N4O2/c1-11(2)8-9-24-14-7-5-6-13(10-14)16-15(17(23)20-4)12(3)21-18(19)22-16/h5-7,10-11H,8-9H2,1-4H3,(H,20,23)(H2,19,21,22). The fourth-order valence-electron chi connectivity index (χ4n) is 2.35. The zero-order valence-corrected chi connectivity index (χ0v) is 14.6. The van der Waals surface area contributed by atoms with Gasteiger partial charge in [0.2, 0.25) is 5.95 Å². The number of ether oxygens (including phenoxy) is 1. The molecular formula is C18H24N4O2. The van der Waals surface area contributed by atoms with Crippen molar-refractivity contribution >= 4 is 11.9 Å². The molecule has 24 heavy (non-hydrogen) atoms. The Bertz CT molecular complexity index is 729. The number of hydrogen-bond acceptors (Lipinski definition) is 5. The monoisotopic (exact) mass is 328 g/mol. The van der Waals surface area contributed by atoms with Gasteiger partial charge in [0.05, 0.1) is 23.6 Å². The van der Waals surface area contributed by atoms with Crippen LogP contribution in [0.15, 0.2) is 24.3 Å². The maximum Gasteiger partial charge on any atom is 0.255 e. The summed E-state index contributed by atoms with van der Waals surface area (Å²) in [6.45, 7) is 6.70. The molecule has 0 aliphatic rings. The summed E-state index contributed by atoms with van der Waals surface area (Å²) in [5, 5.41) is 2.62. The van der Waals surface area contributed by atoms with Crippen LogP contribution in [0.1, 0.15) is 36.3 Å². The first-order valence-electron chi connectivity index (χ1n) is 8.01. The van der Waals surface area contributed by atoms with Gasteiger partial charge in [-0.25, -0.2) is 9.97 Å². The SMILES string of the molecule is CNC(=O)c1c(C)nc(N)nc1-c1cccc(OCCC(C)C)c1. The summed E-state index contributed by atoms with van der Waals surface area (Å²) < 4.78 is 5.79. The first-order chi connectivity index (χ1) is 11.4. The maximum absolute atomic E-state index is 12.2. The van der Waals surface area contributed by atoms with E-state index >= 15 is 0 Å². The van der Waals surface area contributed by atoms with Crippen LogP contribution in [0.2, 0.25) is 0 Å². The van der Waals surface area contributed by atoms with Gasteiger partial charge in [0.15, 0.2) is 0 Å². The van der Waals surface area contributed by atoms with E-state index in [2.05, 4.69) is 29.1 Å². The van der Waals surface area contributed by atoms with Crippen molar-refractivity contribution in [3.05, 3.63) is 35.5 Å². The van der Waals surface area contributed by atoms with Gasteiger partial charge in [-0.3, -0.25) is 4.79 Å². The molecule has 128 valence electrons. The number of amides is 1. The van der Waals surface area contributed by atoms with E-state index in [9.17, 15) is 4.79 Å². The van der Waals surface area contributed by atoms with Crippen LogP contribution in [0.3, 0.4) is 0 Å². The molecule has 1 amide bonds. The lowest BCUT2D eigenvalue weighted by Gasteiger charge is -2.13. The van der Waals surface area contributed by atoms with Crippen molar-refractivity contribution in [3.8, 4) is 17.0 Å². The molecule has 0 saturated carbocycles. The molecule has 0 unspecified atom stereocenters. The second-order valence-corrected chi connectivity index (χ2v) is 6.03. The molecule has 0 atom stereocenters. The number of anilines is 1. The van der Waals surface area contributed by atoms with Gasteiger partial charge < -0.3 is 15.8 Å². The Morgan fingerprint density at radius 1 is 1.33 bits per heavy atom. The first-order valence-corrected chi connectivity index (χ1v) is 8.01. The van der Waals surface area contributed by atoms with E-state index in [-0.39, 0.29) is 11.9 Å². The number of nitrogens with zero attached hydrogens (tertiary/aromatic N) is 2. The number of carbonyl (C=O) groups is 1. The zero-order valence-electron chi connectivity index (χ0n) is 14.6. The number of nitrogens with one attached hydrogen (secondary N) is 1. The average Bonchev–Trinajstić information content (AvgIpc) is 2.53. The lowest BCUT2D eigenvalue weighted by Crippen LogP contribution is -2.21. The number of aryl methyl sites for hydroxylation is 1. The largest absolute Gasteiger partial charge is 0.494 e. The van der Waals surface area contributed by atoms with Crippen LogP contribution < -0.4 is 15.8 Å². The summed E-state index contributed by atoms with van der Waals surface area (Å²) in [5.74, 6) is 1.22. The van der Waals surface area contributed by atoms with Crippen molar-refractivity contribution in [3.63, 3.8) is 0 Å². The predicted molar refractivity (Wildman–Crippen MR) is 95.0 cm³/mol. The highest BCUT2D eigenvalue weighted by atomic mass is 16.5. The molecule has 6 heteroatoms. The lowest BCUT2D eigenvalue weighted by atomic mass is 10.0.